The van der Waals surface area contributed by atoms with Crippen molar-refractivity contribution in [1.82, 2.24) is 4.98 Å². The number of nitro groups is 1. The number of anilines is 1. The topological polar surface area (TPSA) is 104 Å². The third kappa shape index (κ3) is 5.04. The number of esters is 1. The van der Waals surface area contributed by atoms with Crippen LogP contribution in [-0.4, -0.2) is 23.0 Å². The van der Waals surface area contributed by atoms with Gasteiger partial charge in [0.2, 0.25) is 5.88 Å². The van der Waals surface area contributed by atoms with Crippen molar-refractivity contribution in [2.75, 3.05) is 12.4 Å². The van der Waals surface area contributed by atoms with Crippen molar-refractivity contribution in [1.29, 1.82) is 0 Å². The highest BCUT2D eigenvalue weighted by atomic mass is 19.1. The molecule has 29 heavy (non-hydrogen) atoms. The van der Waals surface area contributed by atoms with Gasteiger partial charge in [0, 0.05) is 30.6 Å². The molecule has 0 saturated carbocycles. The van der Waals surface area contributed by atoms with Crippen molar-refractivity contribution >= 4 is 17.3 Å². The van der Waals surface area contributed by atoms with Crippen molar-refractivity contribution < 1.29 is 23.6 Å². The van der Waals surface area contributed by atoms with Crippen LogP contribution < -0.4 is 10.1 Å². The summed E-state index contributed by atoms with van der Waals surface area (Å²) in [5.41, 5.74) is 0.850. The summed E-state index contributed by atoms with van der Waals surface area (Å²) < 4.78 is 23.2. The molecule has 1 heterocycles. The second-order valence-electron chi connectivity index (χ2n) is 5.89. The lowest BCUT2D eigenvalue weighted by Crippen LogP contribution is -2.07. The van der Waals surface area contributed by atoms with Crippen LogP contribution in [-0.2, 0) is 11.3 Å². The van der Waals surface area contributed by atoms with Gasteiger partial charge in [-0.25, -0.2) is 14.2 Å². The first-order valence-electron chi connectivity index (χ1n) is 8.45. The van der Waals surface area contributed by atoms with Crippen LogP contribution in [0.4, 0.5) is 15.8 Å². The van der Waals surface area contributed by atoms with E-state index in [9.17, 15) is 19.3 Å². The molecule has 148 valence electrons. The lowest BCUT2D eigenvalue weighted by Gasteiger charge is -2.10. The molecule has 0 aliphatic heterocycles. The van der Waals surface area contributed by atoms with E-state index in [-0.39, 0.29) is 17.1 Å². The minimum Gasteiger partial charge on any atom is -0.465 e. The summed E-state index contributed by atoms with van der Waals surface area (Å²) in [5.74, 6) is -0.381. The minimum absolute atomic E-state index is 0.141. The summed E-state index contributed by atoms with van der Waals surface area (Å²) in [6.45, 7) is 0.348. The number of nitro benzene ring substituents is 1. The zero-order valence-corrected chi connectivity index (χ0v) is 15.3. The zero-order chi connectivity index (χ0) is 20.8. The number of hydrogen-bond donors (Lipinski definition) is 1. The van der Waals surface area contributed by atoms with Gasteiger partial charge in [-0.2, -0.15) is 0 Å². The van der Waals surface area contributed by atoms with Crippen LogP contribution in [0.3, 0.4) is 0 Å². The molecular formula is C20H16FN3O5. The molecular weight excluding hydrogens is 381 g/mol. The maximum absolute atomic E-state index is 13.0. The number of ether oxygens (including phenoxy) is 2. The maximum Gasteiger partial charge on any atom is 0.344 e. The first kappa shape index (κ1) is 19.7. The highest BCUT2D eigenvalue weighted by Crippen LogP contribution is 2.25. The van der Waals surface area contributed by atoms with Gasteiger partial charge in [-0.05, 0) is 48.0 Å². The number of benzene rings is 2. The summed E-state index contributed by atoms with van der Waals surface area (Å²) in [4.78, 5) is 26.3. The standard InChI is InChI=1S/C20H16FN3O5/c1-28-20(25)17-11-15(4-7-18(17)24(26)27)23-12-13-8-9-22-19(10-13)29-16-5-2-14(21)3-6-16/h2-11,23H,12H2,1H3. The number of nitrogens with zero attached hydrogens (tertiary/aromatic N) is 2. The Hall–Kier alpha value is -4.01. The highest BCUT2D eigenvalue weighted by Gasteiger charge is 2.21. The Kier molecular flexibility index (Phi) is 5.98. The molecule has 0 aliphatic rings. The van der Waals surface area contributed by atoms with E-state index in [4.69, 9.17) is 4.74 Å². The van der Waals surface area contributed by atoms with E-state index in [0.717, 1.165) is 12.7 Å². The molecule has 0 bridgehead atoms. The molecule has 0 unspecified atom stereocenters. The predicted octanol–water partition coefficient (Wildman–Crippen LogP) is 4.32. The van der Waals surface area contributed by atoms with Gasteiger partial charge in [0.15, 0.2) is 0 Å². The second-order valence-corrected chi connectivity index (χ2v) is 5.89. The van der Waals surface area contributed by atoms with E-state index in [0.29, 0.717) is 23.9 Å². The Bertz CT molecular complexity index is 1040. The van der Waals surface area contributed by atoms with Gasteiger partial charge in [-0.3, -0.25) is 10.1 Å². The number of hydrogen-bond acceptors (Lipinski definition) is 7. The Morgan fingerprint density at radius 3 is 2.62 bits per heavy atom. The molecule has 1 N–H and O–H groups in total. The average Bonchev–Trinajstić information content (AvgIpc) is 2.73. The smallest absolute Gasteiger partial charge is 0.344 e. The molecule has 0 spiro atoms. The van der Waals surface area contributed by atoms with Crippen LogP contribution >= 0.6 is 0 Å². The molecule has 3 rings (SSSR count). The van der Waals surface area contributed by atoms with Crippen molar-refractivity contribution in [3.63, 3.8) is 0 Å². The Morgan fingerprint density at radius 2 is 1.93 bits per heavy atom. The minimum atomic E-state index is -0.792. The van der Waals surface area contributed by atoms with Crippen LogP contribution in [0.25, 0.3) is 0 Å². The SMILES string of the molecule is COC(=O)c1cc(NCc2ccnc(Oc3ccc(F)cc3)c2)ccc1[N+](=O)[O-]. The summed E-state index contributed by atoms with van der Waals surface area (Å²) in [6.07, 6.45) is 1.56. The summed E-state index contributed by atoms with van der Waals surface area (Å²) in [6, 6.07) is 13.1. The van der Waals surface area contributed by atoms with Crippen LogP contribution in [0.2, 0.25) is 0 Å². The van der Waals surface area contributed by atoms with Crippen molar-refractivity contribution in [3.05, 3.63) is 87.9 Å². The number of carbonyl (C=O) groups is 1. The largest absolute Gasteiger partial charge is 0.465 e. The molecule has 0 amide bonds. The lowest BCUT2D eigenvalue weighted by molar-refractivity contribution is -0.385. The molecule has 3 aromatic rings. The first-order chi connectivity index (χ1) is 14.0. The molecule has 2 aromatic carbocycles. The summed E-state index contributed by atoms with van der Waals surface area (Å²) in [7, 11) is 1.16. The first-order valence-corrected chi connectivity index (χ1v) is 8.45. The quantitative estimate of drug-likeness (QED) is 0.360. The molecule has 8 nitrogen and oxygen atoms in total. The zero-order valence-electron chi connectivity index (χ0n) is 15.3. The monoisotopic (exact) mass is 397 g/mol. The molecule has 9 heteroatoms. The maximum atomic E-state index is 13.0. The fourth-order valence-electron chi connectivity index (χ4n) is 2.52. The van der Waals surface area contributed by atoms with Gasteiger partial charge in [0.05, 0.1) is 12.0 Å². The van der Waals surface area contributed by atoms with Gasteiger partial charge in [0.25, 0.3) is 5.69 Å². The molecule has 0 fully saturated rings. The van der Waals surface area contributed by atoms with E-state index in [2.05, 4.69) is 15.0 Å². The van der Waals surface area contributed by atoms with Gasteiger partial charge in [-0.15, -0.1) is 0 Å². The van der Waals surface area contributed by atoms with Crippen LogP contribution in [0, 0.1) is 15.9 Å². The van der Waals surface area contributed by atoms with Crippen LogP contribution in [0.15, 0.2) is 60.8 Å². The van der Waals surface area contributed by atoms with Crippen LogP contribution in [0.5, 0.6) is 11.6 Å². The fourth-order valence-corrected chi connectivity index (χ4v) is 2.52. The van der Waals surface area contributed by atoms with Crippen molar-refractivity contribution in [2.45, 2.75) is 6.54 Å². The average molecular weight is 397 g/mol. The van der Waals surface area contributed by atoms with E-state index >= 15 is 0 Å². The van der Waals surface area contributed by atoms with Gasteiger partial charge >= 0.3 is 5.97 Å². The Balaban J connectivity index is 1.72. The van der Waals surface area contributed by atoms with Gasteiger partial charge < -0.3 is 14.8 Å². The Labute approximate surface area is 165 Å². The van der Waals surface area contributed by atoms with E-state index in [1.807, 2.05) is 0 Å². The number of aromatic nitrogens is 1. The molecule has 0 atom stereocenters. The highest BCUT2D eigenvalue weighted by molar-refractivity contribution is 5.95. The number of pyridine rings is 1. The normalized spacial score (nSPS) is 10.3. The third-order valence-electron chi connectivity index (χ3n) is 3.93. The number of carbonyl (C=O) groups excluding carboxylic acids is 1. The van der Waals surface area contributed by atoms with Crippen molar-refractivity contribution in [3.8, 4) is 11.6 Å². The predicted molar refractivity (Wildman–Crippen MR) is 102 cm³/mol. The van der Waals surface area contributed by atoms with Crippen molar-refractivity contribution in [2.24, 2.45) is 0 Å². The Morgan fingerprint density at radius 1 is 1.17 bits per heavy atom. The fraction of sp³-hybridized carbons (Fsp3) is 0.100. The number of nitrogens with one attached hydrogen (secondary N) is 1. The molecule has 1 aromatic heterocycles. The second kappa shape index (κ2) is 8.79. The summed E-state index contributed by atoms with van der Waals surface area (Å²) >= 11 is 0. The van der Waals surface area contributed by atoms with E-state index in [1.165, 1.54) is 42.5 Å². The molecule has 0 aliphatic carbocycles. The molecule has 0 radical (unpaired) electrons. The lowest BCUT2D eigenvalue weighted by atomic mass is 10.1. The number of methoxy groups -OCH3 is 1. The van der Waals surface area contributed by atoms with Gasteiger partial charge in [-0.1, -0.05) is 0 Å². The van der Waals surface area contributed by atoms with E-state index in [1.54, 1.807) is 18.3 Å². The molecule has 0 saturated heterocycles. The third-order valence-corrected chi connectivity index (χ3v) is 3.93. The van der Waals surface area contributed by atoms with Crippen LogP contribution in [0.1, 0.15) is 15.9 Å². The van der Waals surface area contributed by atoms with E-state index < -0.39 is 10.9 Å². The van der Waals surface area contributed by atoms with Gasteiger partial charge in [0.1, 0.15) is 17.1 Å². The summed E-state index contributed by atoms with van der Waals surface area (Å²) in [5, 5.41) is 14.2. The number of halogens is 1. The number of rotatable bonds is 7.